The molecule has 0 heterocycles. The lowest BCUT2D eigenvalue weighted by atomic mass is 9.88. The lowest BCUT2D eigenvalue weighted by Crippen LogP contribution is -2.48. The summed E-state index contributed by atoms with van der Waals surface area (Å²) in [6, 6.07) is 8.21. The standard InChI is InChI=1S/C18H24N2O4/c19-17(22)15(20-18(23)14-9-5-2-6-10-14)11-16(21)24-12-13-7-3-1-4-8-13/h1,3-4,7-8,14-15H,2,5-6,9-12H2,(H2,19,22)(H,20,23)/t15-/m0/s1. The molecule has 0 aliphatic heterocycles. The van der Waals surface area contributed by atoms with Crippen molar-refractivity contribution in [1.82, 2.24) is 5.32 Å². The molecule has 3 N–H and O–H groups in total. The van der Waals surface area contributed by atoms with E-state index in [0.717, 1.165) is 37.7 Å². The highest BCUT2D eigenvalue weighted by Gasteiger charge is 2.27. The maximum Gasteiger partial charge on any atom is 0.308 e. The van der Waals surface area contributed by atoms with Crippen LogP contribution < -0.4 is 11.1 Å². The second-order valence-electron chi connectivity index (χ2n) is 6.15. The van der Waals surface area contributed by atoms with E-state index in [1.807, 2.05) is 30.3 Å². The third-order valence-electron chi connectivity index (χ3n) is 4.25. The molecule has 2 amide bonds. The zero-order valence-electron chi connectivity index (χ0n) is 13.7. The first-order valence-corrected chi connectivity index (χ1v) is 8.35. The number of hydrogen-bond acceptors (Lipinski definition) is 4. The van der Waals surface area contributed by atoms with Gasteiger partial charge in [0.1, 0.15) is 12.6 Å². The molecule has 0 bridgehead atoms. The molecule has 1 aliphatic carbocycles. The number of nitrogens with one attached hydrogen (secondary N) is 1. The second kappa shape index (κ2) is 9.05. The first-order valence-electron chi connectivity index (χ1n) is 8.35. The molecule has 0 spiro atoms. The van der Waals surface area contributed by atoms with Crippen molar-refractivity contribution in [2.45, 2.75) is 51.2 Å². The Labute approximate surface area is 141 Å². The molecule has 130 valence electrons. The molecule has 24 heavy (non-hydrogen) atoms. The highest BCUT2D eigenvalue weighted by molar-refractivity contribution is 5.90. The van der Waals surface area contributed by atoms with Crippen molar-refractivity contribution in [2.75, 3.05) is 0 Å². The molecule has 1 saturated carbocycles. The van der Waals surface area contributed by atoms with Gasteiger partial charge in [-0.05, 0) is 18.4 Å². The van der Waals surface area contributed by atoms with Gasteiger partial charge in [0.15, 0.2) is 0 Å². The van der Waals surface area contributed by atoms with Gasteiger partial charge in [0.2, 0.25) is 11.8 Å². The van der Waals surface area contributed by atoms with E-state index in [-0.39, 0.29) is 24.9 Å². The topological polar surface area (TPSA) is 98.5 Å². The molecular weight excluding hydrogens is 308 g/mol. The highest BCUT2D eigenvalue weighted by atomic mass is 16.5. The number of rotatable bonds is 7. The van der Waals surface area contributed by atoms with Crippen LogP contribution in [0.4, 0.5) is 0 Å². The summed E-state index contributed by atoms with van der Waals surface area (Å²) in [6.45, 7) is 0.127. The number of primary amides is 1. The van der Waals surface area contributed by atoms with Crippen molar-refractivity contribution < 1.29 is 19.1 Å². The van der Waals surface area contributed by atoms with Gasteiger partial charge in [-0.15, -0.1) is 0 Å². The average molecular weight is 332 g/mol. The molecule has 0 unspecified atom stereocenters. The third kappa shape index (κ3) is 5.68. The van der Waals surface area contributed by atoms with Gasteiger partial charge in [-0.2, -0.15) is 0 Å². The summed E-state index contributed by atoms with van der Waals surface area (Å²) in [7, 11) is 0. The van der Waals surface area contributed by atoms with Crippen molar-refractivity contribution in [3.63, 3.8) is 0 Å². The van der Waals surface area contributed by atoms with Crippen molar-refractivity contribution >= 4 is 17.8 Å². The lowest BCUT2D eigenvalue weighted by molar-refractivity contribution is -0.147. The largest absolute Gasteiger partial charge is 0.461 e. The summed E-state index contributed by atoms with van der Waals surface area (Å²) >= 11 is 0. The zero-order chi connectivity index (χ0) is 17.4. The number of hydrogen-bond donors (Lipinski definition) is 2. The zero-order valence-corrected chi connectivity index (χ0v) is 13.7. The summed E-state index contributed by atoms with van der Waals surface area (Å²) in [6.07, 6.45) is 4.54. The van der Waals surface area contributed by atoms with E-state index in [2.05, 4.69) is 5.32 Å². The fourth-order valence-electron chi connectivity index (χ4n) is 2.84. The van der Waals surface area contributed by atoms with Gasteiger partial charge in [-0.3, -0.25) is 14.4 Å². The van der Waals surface area contributed by atoms with E-state index >= 15 is 0 Å². The van der Waals surface area contributed by atoms with Gasteiger partial charge in [0, 0.05) is 5.92 Å². The van der Waals surface area contributed by atoms with E-state index in [0.29, 0.717) is 0 Å². The summed E-state index contributed by atoms with van der Waals surface area (Å²) in [5.41, 5.74) is 6.16. The first kappa shape index (κ1) is 18.0. The Morgan fingerprint density at radius 2 is 1.79 bits per heavy atom. The van der Waals surface area contributed by atoms with Crippen molar-refractivity contribution in [1.29, 1.82) is 0 Å². The minimum absolute atomic E-state index is 0.0964. The van der Waals surface area contributed by atoms with Crippen LogP contribution >= 0.6 is 0 Å². The fraction of sp³-hybridized carbons (Fsp3) is 0.500. The minimum Gasteiger partial charge on any atom is -0.461 e. The molecule has 0 radical (unpaired) electrons. The van der Waals surface area contributed by atoms with Crippen LogP contribution in [0.2, 0.25) is 0 Å². The Hall–Kier alpha value is -2.37. The Kier molecular flexibility index (Phi) is 6.78. The third-order valence-corrected chi connectivity index (χ3v) is 4.25. The number of carbonyl (C=O) groups is 3. The molecule has 1 atom stereocenters. The van der Waals surface area contributed by atoms with E-state index in [1.54, 1.807) is 0 Å². The van der Waals surface area contributed by atoms with Gasteiger partial charge in [-0.25, -0.2) is 0 Å². The van der Waals surface area contributed by atoms with Gasteiger partial charge < -0.3 is 15.8 Å². The number of amides is 2. The molecule has 6 heteroatoms. The minimum atomic E-state index is -1.03. The number of esters is 1. The van der Waals surface area contributed by atoms with E-state index in [9.17, 15) is 14.4 Å². The van der Waals surface area contributed by atoms with Gasteiger partial charge >= 0.3 is 5.97 Å². The number of ether oxygens (including phenoxy) is 1. The predicted molar refractivity (Wildman–Crippen MR) is 88.6 cm³/mol. The first-order chi connectivity index (χ1) is 11.6. The van der Waals surface area contributed by atoms with Gasteiger partial charge in [-0.1, -0.05) is 49.6 Å². The molecule has 0 saturated heterocycles. The monoisotopic (exact) mass is 332 g/mol. The number of carbonyl (C=O) groups excluding carboxylic acids is 3. The van der Waals surface area contributed by atoms with Crippen molar-refractivity contribution in [3.05, 3.63) is 35.9 Å². The van der Waals surface area contributed by atoms with Crippen molar-refractivity contribution in [2.24, 2.45) is 11.7 Å². The molecule has 1 aliphatic rings. The Bertz CT molecular complexity index is 568. The van der Waals surface area contributed by atoms with Crippen LogP contribution in [0.25, 0.3) is 0 Å². The lowest BCUT2D eigenvalue weighted by Gasteiger charge is -2.23. The molecule has 1 aromatic rings. The summed E-state index contributed by atoms with van der Waals surface area (Å²) in [5, 5.41) is 2.60. The molecular formula is C18H24N2O4. The fourth-order valence-corrected chi connectivity index (χ4v) is 2.84. The second-order valence-corrected chi connectivity index (χ2v) is 6.15. The van der Waals surface area contributed by atoms with E-state index in [1.165, 1.54) is 0 Å². The number of nitrogens with two attached hydrogens (primary N) is 1. The maximum absolute atomic E-state index is 12.2. The Morgan fingerprint density at radius 3 is 2.42 bits per heavy atom. The van der Waals surface area contributed by atoms with E-state index < -0.39 is 17.9 Å². The predicted octanol–water partition coefficient (Wildman–Crippen LogP) is 1.67. The quantitative estimate of drug-likeness (QED) is 0.742. The van der Waals surface area contributed by atoms with Crippen LogP contribution in [-0.2, 0) is 25.7 Å². The Balaban J connectivity index is 1.82. The van der Waals surface area contributed by atoms with Gasteiger partial charge in [0.05, 0.1) is 6.42 Å². The van der Waals surface area contributed by atoms with E-state index in [4.69, 9.17) is 10.5 Å². The SMILES string of the molecule is NC(=O)[C@H](CC(=O)OCc1ccccc1)NC(=O)C1CCCCC1. The Morgan fingerprint density at radius 1 is 1.12 bits per heavy atom. The van der Waals surface area contributed by atoms with Crippen LogP contribution in [0.15, 0.2) is 30.3 Å². The normalized spacial score (nSPS) is 16.2. The number of benzene rings is 1. The highest BCUT2D eigenvalue weighted by Crippen LogP contribution is 2.23. The summed E-state index contributed by atoms with van der Waals surface area (Å²) < 4.78 is 5.14. The molecule has 2 rings (SSSR count). The smallest absolute Gasteiger partial charge is 0.308 e. The van der Waals surface area contributed by atoms with Crippen LogP contribution in [0, 0.1) is 5.92 Å². The van der Waals surface area contributed by atoms with Crippen LogP contribution in [-0.4, -0.2) is 23.8 Å². The maximum atomic E-state index is 12.2. The molecule has 6 nitrogen and oxygen atoms in total. The molecule has 1 aromatic carbocycles. The molecule has 1 fully saturated rings. The summed E-state index contributed by atoms with van der Waals surface area (Å²) in [4.78, 5) is 35.6. The average Bonchev–Trinajstić information content (AvgIpc) is 2.61. The van der Waals surface area contributed by atoms with Gasteiger partial charge in [0.25, 0.3) is 0 Å². The molecule has 0 aromatic heterocycles. The van der Waals surface area contributed by atoms with Crippen LogP contribution in [0.5, 0.6) is 0 Å². The van der Waals surface area contributed by atoms with Crippen LogP contribution in [0.1, 0.15) is 44.1 Å². The van der Waals surface area contributed by atoms with Crippen LogP contribution in [0.3, 0.4) is 0 Å². The summed E-state index contributed by atoms with van der Waals surface area (Å²) in [5.74, 6) is -1.59. The van der Waals surface area contributed by atoms with Crippen molar-refractivity contribution in [3.8, 4) is 0 Å².